The lowest BCUT2D eigenvalue weighted by molar-refractivity contribution is 0.0136. The number of hydrogen-bond acceptors (Lipinski definition) is 3. The highest BCUT2D eigenvalue weighted by atomic mass is 16.5. The van der Waals surface area contributed by atoms with Crippen LogP contribution in [0, 0.1) is 0 Å². The Bertz CT molecular complexity index is 214. The molecule has 3 unspecified atom stereocenters. The number of aliphatic hydroxyl groups excluding tert-OH is 1. The Kier molecular flexibility index (Phi) is 5.26. The molecule has 1 saturated carbocycles. The third-order valence-electron chi connectivity index (χ3n) is 4.22. The molecular formula is C14H27NO2. The molecule has 3 atom stereocenters. The molecular weight excluding hydrogens is 214 g/mol. The van der Waals surface area contributed by atoms with Crippen molar-refractivity contribution in [2.75, 3.05) is 6.61 Å². The predicted molar refractivity (Wildman–Crippen MR) is 69.1 cm³/mol. The molecule has 0 bridgehead atoms. The van der Waals surface area contributed by atoms with E-state index in [1.54, 1.807) is 0 Å². The molecule has 0 aromatic rings. The fourth-order valence-corrected chi connectivity index (χ4v) is 3.16. The van der Waals surface area contributed by atoms with Crippen molar-refractivity contribution in [3.05, 3.63) is 0 Å². The summed E-state index contributed by atoms with van der Waals surface area (Å²) in [6.07, 6.45) is 10.7. The molecule has 1 aliphatic heterocycles. The van der Waals surface area contributed by atoms with E-state index in [-0.39, 0.29) is 18.8 Å². The van der Waals surface area contributed by atoms with E-state index in [1.807, 2.05) is 0 Å². The van der Waals surface area contributed by atoms with Gasteiger partial charge >= 0.3 is 0 Å². The van der Waals surface area contributed by atoms with E-state index in [9.17, 15) is 5.11 Å². The van der Waals surface area contributed by atoms with Crippen molar-refractivity contribution in [2.24, 2.45) is 0 Å². The molecule has 17 heavy (non-hydrogen) atoms. The van der Waals surface area contributed by atoms with Gasteiger partial charge in [0.25, 0.3) is 0 Å². The summed E-state index contributed by atoms with van der Waals surface area (Å²) >= 11 is 0. The summed E-state index contributed by atoms with van der Waals surface area (Å²) in [5, 5.41) is 13.2. The minimum absolute atomic E-state index is 0.142. The Labute approximate surface area is 105 Å². The molecule has 0 radical (unpaired) electrons. The average Bonchev–Trinajstić information content (AvgIpc) is 2.62. The van der Waals surface area contributed by atoms with Gasteiger partial charge < -0.3 is 15.2 Å². The van der Waals surface area contributed by atoms with E-state index in [1.165, 1.54) is 38.5 Å². The zero-order chi connectivity index (χ0) is 12.1. The summed E-state index contributed by atoms with van der Waals surface area (Å²) in [5.41, 5.74) is 0. The average molecular weight is 241 g/mol. The monoisotopic (exact) mass is 241 g/mol. The van der Waals surface area contributed by atoms with Gasteiger partial charge in [0.05, 0.1) is 24.9 Å². The molecule has 100 valence electrons. The van der Waals surface area contributed by atoms with E-state index in [2.05, 4.69) is 12.2 Å². The van der Waals surface area contributed by atoms with Gasteiger partial charge in [0, 0.05) is 6.04 Å². The van der Waals surface area contributed by atoms with Crippen LogP contribution in [0.4, 0.5) is 0 Å². The summed E-state index contributed by atoms with van der Waals surface area (Å²) in [6, 6.07) is 0.734. The van der Waals surface area contributed by atoms with Crippen molar-refractivity contribution < 1.29 is 9.84 Å². The topological polar surface area (TPSA) is 41.5 Å². The van der Waals surface area contributed by atoms with Crippen LogP contribution in [-0.2, 0) is 4.74 Å². The first-order valence-corrected chi connectivity index (χ1v) is 7.32. The quantitative estimate of drug-likeness (QED) is 0.742. The molecule has 1 heterocycles. The maximum Gasteiger partial charge on any atom is 0.0755 e. The second-order valence-electron chi connectivity index (χ2n) is 5.71. The highest BCUT2D eigenvalue weighted by molar-refractivity contribution is 4.85. The van der Waals surface area contributed by atoms with Crippen LogP contribution in [0.15, 0.2) is 0 Å². The number of ether oxygens (including phenoxy) is 1. The van der Waals surface area contributed by atoms with Gasteiger partial charge in [0.1, 0.15) is 0 Å². The predicted octanol–water partition coefficient (Wildman–Crippen LogP) is 2.23. The Morgan fingerprint density at radius 1 is 1.12 bits per heavy atom. The third kappa shape index (κ3) is 3.94. The van der Waals surface area contributed by atoms with Crippen molar-refractivity contribution in [1.82, 2.24) is 5.32 Å². The van der Waals surface area contributed by atoms with Crippen LogP contribution in [0.2, 0.25) is 0 Å². The zero-order valence-corrected chi connectivity index (χ0v) is 11.0. The van der Waals surface area contributed by atoms with Crippen LogP contribution in [0.25, 0.3) is 0 Å². The standard InChI is InChI=1S/C14H27NO2/c1-11-8-9-14(17-11)13(10-16)15-12-6-4-2-3-5-7-12/h11-16H,2-10H2,1H3. The van der Waals surface area contributed by atoms with Crippen molar-refractivity contribution in [2.45, 2.75) is 82.6 Å². The number of hydrogen-bond donors (Lipinski definition) is 2. The van der Waals surface area contributed by atoms with Gasteiger partial charge in [-0.3, -0.25) is 0 Å². The first kappa shape index (κ1) is 13.3. The summed E-state index contributed by atoms with van der Waals surface area (Å²) in [6.45, 7) is 2.33. The number of nitrogens with one attached hydrogen (secondary N) is 1. The number of rotatable bonds is 4. The van der Waals surface area contributed by atoms with Crippen LogP contribution in [0.1, 0.15) is 58.3 Å². The summed E-state index contributed by atoms with van der Waals surface area (Å²) in [4.78, 5) is 0. The highest BCUT2D eigenvalue weighted by Crippen LogP contribution is 2.23. The van der Waals surface area contributed by atoms with Gasteiger partial charge in [-0.1, -0.05) is 25.7 Å². The Balaban J connectivity index is 1.81. The van der Waals surface area contributed by atoms with Gasteiger partial charge in [-0.25, -0.2) is 0 Å². The summed E-state index contributed by atoms with van der Waals surface area (Å²) < 4.78 is 5.86. The van der Waals surface area contributed by atoms with Crippen molar-refractivity contribution in [1.29, 1.82) is 0 Å². The molecule has 0 aromatic carbocycles. The van der Waals surface area contributed by atoms with Crippen LogP contribution >= 0.6 is 0 Å². The molecule has 1 saturated heterocycles. The zero-order valence-electron chi connectivity index (χ0n) is 11.0. The van der Waals surface area contributed by atoms with Gasteiger partial charge in [-0.2, -0.15) is 0 Å². The Morgan fingerprint density at radius 3 is 2.35 bits per heavy atom. The minimum Gasteiger partial charge on any atom is -0.395 e. The van der Waals surface area contributed by atoms with Crippen molar-refractivity contribution >= 4 is 0 Å². The first-order chi connectivity index (χ1) is 8.29. The van der Waals surface area contributed by atoms with Gasteiger partial charge in [-0.15, -0.1) is 0 Å². The second kappa shape index (κ2) is 6.72. The molecule has 1 aliphatic carbocycles. The van der Waals surface area contributed by atoms with Gasteiger partial charge in [0.15, 0.2) is 0 Å². The van der Waals surface area contributed by atoms with E-state index in [4.69, 9.17) is 4.74 Å². The molecule has 3 nitrogen and oxygen atoms in total. The number of aliphatic hydroxyl groups is 1. The molecule has 3 heteroatoms. The molecule has 2 rings (SSSR count). The fourth-order valence-electron chi connectivity index (χ4n) is 3.16. The summed E-state index contributed by atoms with van der Waals surface area (Å²) in [7, 11) is 0. The highest BCUT2D eigenvalue weighted by Gasteiger charge is 2.30. The molecule has 2 N–H and O–H groups in total. The molecule has 2 fully saturated rings. The molecule has 2 aliphatic rings. The third-order valence-corrected chi connectivity index (χ3v) is 4.22. The van der Waals surface area contributed by atoms with Crippen LogP contribution in [0.3, 0.4) is 0 Å². The lowest BCUT2D eigenvalue weighted by Gasteiger charge is -2.28. The van der Waals surface area contributed by atoms with E-state index < -0.39 is 0 Å². The van der Waals surface area contributed by atoms with Crippen LogP contribution in [-0.4, -0.2) is 36.0 Å². The van der Waals surface area contributed by atoms with E-state index in [0.29, 0.717) is 12.1 Å². The molecule has 0 aromatic heterocycles. The Morgan fingerprint density at radius 2 is 1.82 bits per heavy atom. The molecule has 0 spiro atoms. The summed E-state index contributed by atoms with van der Waals surface area (Å²) in [5.74, 6) is 0. The largest absolute Gasteiger partial charge is 0.395 e. The van der Waals surface area contributed by atoms with E-state index in [0.717, 1.165) is 12.8 Å². The van der Waals surface area contributed by atoms with Crippen molar-refractivity contribution in [3.63, 3.8) is 0 Å². The van der Waals surface area contributed by atoms with E-state index >= 15 is 0 Å². The maximum atomic E-state index is 9.53. The Hall–Kier alpha value is -0.120. The maximum absolute atomic E-state index is 9.53. The molecule has 0 amide bonds. The smallest absolute Gasteiger partial charge is 0.0755 e. The normalized spacial score (nSPS) is 33.5. The first-order valence-electron chi connectivity index (χ1n) is 7.32. The van der Waals surface area contributed by atoms with Crippen LogP contribution < -0.4 is 5.32 Å². The minimum atomic E-state index is 0.142. The van der Waals surface area contributed by atoms with Crippen molar-refractivity contribution in [3.8, 4) is 0 Å². The lowest BCUT2D eigenvalue weighted by atomic mass is 10.0. The lowest BCUT2D eigenvalue weighted by Crippen LogP contribution is -2.47. The fraction of sp³-hybridized carbons (Fsp3) is 1.00. The van der Waals surface area contributed by atoms with Crippen LogP contribution in [0.5, 0.6) is 0 Å². The van der Waals surface area contributed by atoms with Gasteiger partial charge in [-0.05, 0) is 32.6 Å². The van der Waals surface area contributed by atoms with Gasteiger partial charge in [0.2, 0.25) is 0 Å². The SMILES string of the molecule is CC1CCC(C(CO)NC2CCCCCC2)O1. The second-order valence-corrected chi connectivity index (χ2v) is 5.71.